The van der Waals surface area contributed by atoms with Crippen molar-refractivity contribution in [1.82, 2.24) is 5.06 Å². The zero-order chi connectivity index (χ0) is 25.8. The molecule has 0 aliphatic rings. The molecule has 3 aromatic carbocycles. The van der Waals surface area contributed by atoms with Gasteiger partial charge >= 0.3 is 6.18 Å². The lowest BCUT2D eigenvalue weighted by atomic mass is 9.97. The van der Waals surface area contributed by atoms with Gasteiger partial charge in [0, 0.05) is 5.56 Å². The number of hydroxylamine groups is 2. The highest BCUT2D eigenvalue weighted by Gasteiger charge is 2.39. The molecule has 0 saturated carbocycles. The summed E-state index contributed by atoms with van der Waals surface area (Å²) in [6.45, 7) is 1.72. The number of carbonyl (C=O) groups excluding carboxylic acids is 2. The summed E-state index contributed by atoms with van der Waals surface area (Å²) in [6, 6.07) is 14.7. The summed E-state index contributed by atoms with van der Waals surface area (Å²) in [4.78, 5) is 29.3. The number of hydrogen-bond acceptors (Lipinski definition) is 3. The van der Waals surface area contributed by atoms with Gasteiger partial charge in [-0.25, -0.2) is 0 Å². The van der Waals surface area contributed by atoms with E-state index in [4.69, 9.17) is 39.6 Å². The first-order valence-corrected chi connectivity index (χ1v) is 11.2. The molecular formula is C25H17Cl3F3NO3. The quantitative estimate of drug-likeness (QED) is 0.173. The van der Waals surface area contributed by atoms with Gasteiger partial charge < -0.3 is 4.84 Å². The standard InChI is InChI=1S/C25H17Cl3F3NO3/c1-15-4-2-3-5-19(15)24(34)32(14-33)35-18-9-6-16(7-10-18)8-11-20(25(29,30)31)17-12-21(26)23(28)22(27)13-17/h2-14,20H,1H3/b11-8+. The van der Waals surface area contributed by atoms with Gasteiger partial charge in [0.1, 0.15) is 0 Å². The fraction of sp³-hybridized carbons (Fsp3) is 0.120. The lowest BCUT2D eigenvalue weighted by molar-refractivity contribution is -0.139. The summed E-state index contributed by atoms with van der Waals surface area (Å²) < 4.78 is 41.1. The van der Waals surface area contributed by atoms with E-state index in [2.05, 4.69) is 0 Å². The van der Waals surface area contributed by atoms with Gasteiger partial charge in [0.05, 0.1) is 21.0 Å². The summed E-state index contributed by atoms with van der Waals surface area (Å²) >= 11 is 17.6. The molecule has 0 spiro atoms. The maximum atomic E-state index is 13.7. The van der Waals surface area contributed by atoms with Crippen LogP contribution in [0, 0.1) is 6.92 Å². The van der Waals surface area contributed by atoms with Crippen LogP contribution in [0.2, 0.25) is 15.1 Å². The van der Waals surface area contributed by atoms with E-state index in [1.54, 1.807) is 31.2 Å². The largest absolute Gasteiger partial charge is 0.399 e. The molecule has 4 nitrogen and oxygen atoms in total. The van der Waals surface area contributed by atoms with Crippen molar-refractivity contribution in [3.8, 4) is 5.75 Å². The number of benzene rings is 3. The topological polar surface area (TPSA) is 46.6 Å². The molecule has 0 N–H and O–H groups in total. The predicted molar refractivity (Wildman–Crippen MR) is 130 cm³/mol. The van der Waals surface area contributed by atoms with Gasteiger partial charge in [-0.05, 0) is 53.9 Å². The second-order valence-electron chi connectivity index (χ2n) is 7.39. The first kappa shape index (κ1) is 26.6. The molecular weight excluding hydrogens is 526 g/mol. The first-order chi connectivity index (χ1) is 16.5. The molecule has 182 valence electrons. The van der Waals surface area contributed by atoms with Crippen molar-refractivity contribution in [2.24, 2.45) is 0 Å². The number of halogens is 6. The molecule has 0 aromatic heterocycles. The monoisotopic (exact) mass is 541 g/mol. The summed E-state index contributed by atoms with van der Waals surface area (Å²) in [5.41, 5.74) is 1.21. The third-order valence-corrected chi connectivity index (χ3v) is 6.15. The Hall–Kier alpha value is -3.00. The highest BCUT2D eigenvalue weighted by Crippen LogP contribution is 2.41. The van der Waals surface area contributed by atoms with E-state index in [0.29, 0.717) is 21.8 Å². The SMILES string of the molecule is Cc1ccccc1C(=O)N(C=O)Oc1ccc(/C=C/C(c2cc(Cl)c(Cl)c(Cl)c2)C(F)(F)F)cc1. The van der Waals surface area contributed by atoms with E-state index in [1.807, 2.05) is 0 Å². The fourth-order valence-electron chi connectivity index (χ4n) is 3.17. The van der Waals surface area contributed by atoms with E-state index in [1.165, 1.54) is 30.3 Å². The highest BCUT2D eigenvalue weighted by atomic mass is 35.5. The second-order valence-corrected chi connectivity index (χ2v) is 8.58. The Morgan fingerprint density at radius 3 is 2.14 bits per heavy atom. The Morgan fingerprint density at radius 1 is 1.00 bits per heavy atom. The number of amides is 2. The van der Waals surface area contributed by atoms with Crippen molar-refractivity contribution < 1.29 is 27.6 Å². The van der Waals surface area contributed by atoms with Crippen molar-refractivity contribution in [2.75, 3.05) is 0 Å². The van der Waals surface area contributed by atoms with Gasteiger partial charge in [0.15, 0.2) is 5.75 Å². The number of rotatable bonds is 7. The third kappa shape index (κ3) is 6.57. The Morgan fingerprint density at radius 2 is 1.60 bits per heavy atom. The minimum Gasteiger partial charge on any atom is -0.369 e. The number of nitrogens with zero attached hydrogens (tertiary/aromatic N) is 1. The van der Waals surface area contributed by atoms with Gasteiger partial charge in [0.25, 0.3) is 12.3 Å². The van der Waals surface area contributed by atoms with Crippen LogP contribution in [0.25, 0.3) is 6.08 Å². The van der Waals surface area contributed by atoms with E-state index in [9.17, 15) is 22.8 Å². The molecule has 0 saturated heterocycles. The zero-order valence-corrected chi connectivity index (χ0v) is 20.3. The summed E-state index contributed by atoms with van der Waals surface area (Å²) in [6.07, 6.45) is -2.14. The molecule has 3 rings (SSSR count). The van der Waals surface area contributed by atoms with E-state index in [0.717, 1.165) is 18.2 Å². The molecule has 3 aromatic rings. The van der Waals surface area contributed by atoms with Crippen molar-refractivity contribution in [3.05, 3.63) is 104 Å². The Balaban J connectivity index is 1.78. The number of alkyl halides is 3. The average molecular weight is 543 g/mol. The summed E-state index contributed by atoms with van der Waals surface area (Å²) in [5, 5.41) is 0.348. The normalized spacial score (nSPS) is 12.4. The van der Waals surface area contributed by atoms with E-state index < -0.39 is 18.0 Å². The molecule has 0 radical (unpaired) electrons. The Kier molecular flexibility index (Phi) is 8.48. The number of aryl methyl sites for hydroxylation is 1. The highest BCUT2D eigenvalue weighted by molar-refractivity contribution is 6.48. The summed E-state index contributed by atoms with van der Waals surface area (Å²) in [7, 11) is 0. The van der Waals surface area contributed by atoms with Crippen molar-refractivity contribution in [1.29, 1.82) is 0 Å². The molecule has 2 amide bonds. The number of allylic oxidation sites excluding steroid dienone is 1. The minimum atomic E-state index is -4.61. The number of imide groups is 1. The molecule has 1 unspecified atom stereocenters. The Labute approximate surface area is 214 Å². The van der Waals surface area contributed by atoms with E-state index >= 15 is 0 Å². The van der Waals surface area contributed by atoms with Crippen LogP contribution in [0.5, 0.6) is 5.75 Å². The molecule has 0 heterocycles. The molecule has 35 heavy (non-hydrogen) atoms. The van der Waals surface area contributed by atoms with Gasteiger partial charge in [-0.3, -0.25) is 9.59 Å². The van der Waals surface area contributed by atoms with Gasteiger partial charge in [-0.1, -0.05) is 77.3 Å². The third-order valence-electron chi connectivity index (χ3n) is 4.95. The lowest BCUT2D eigenvalue weighted by Crippen LogP contribution is -2.33. The molecule has 0 aliphatic heterocycles. The van der Waals surface area contributed by atoms with Gasteiger partial charge in [-0.2, -0.15) is 13.2 Å². The van der Waals surface area contributed by atoms with Crippen LogP contribution in [0.3, 0.4) is 0 Å². The number of carbonyl (C=O) groups is 2. The Bertz CT molecular complexity index is 1240. The van der Waals surface area contributed by atoms with Crippen molar-refractivity contribution >= 4 is 53.2 Å². The fourth-order valence-corrected chi connectivity index (χ4v) is 3.78. The number of hydrogen-bond donors (Lipinski definition) is 0. The maximum Gasteiger partial charge on any atom is 0.399 e. The first-order valence-electron chi connectivity index (χ1n) is 10.0. The smallest absolute Gasteiger partial charge is 0.369 e. The summed E-state index contributed by atoms with van der Waals surface area (Å²) in [5.74, 6) is -2.50. The van der Waals surface area contributed by atoms with Crippen LogP contribution in [0.4, 0.5) is 13.2 Å². The van der Waals surface area contributed by atoms with Crippen LogP contribution in [0.15, 0.2) is 66.7 Å². The van der Waals surface area contributed by atoms with Crippen LogP contribution < -0.4 is 4.84 Å². The molecule has 0 bridgehead atoms. The molecule has 0 fully saturated rings. The second kappa shape index (κ2) is 11.2. The lowest BCUT2D eigenvalue weighted by Gasteiger charge is -2.18. The van der Waals surface area contributed by atoms with Crippen molar-refractivity contribution in [2.45, 2.75) is 19.0 Å². The van der Waals surface area contributed by atoms with Crippen LogP contribution in [-0.4, -0.2) is 23.6 Å². The molecule has 0 aliphatic carbocycles. The maximum absolute atomic E-state index is 13.7. The van der Waals surface area contributed by atoms with Gasteiger partial charge in [0.2, 0.25) is 0 Å². The van der Waals surface area contributed by atoms with Crippen LogP contribution in [-0.2, 0) is 4.79 Å². The van der Waals surface area contributed by atoms with E-state index in [-0.39, 0.29) is 32.8 Å². The zero-order valence-electron chi connectivity index (χ0n) is 18.0. The van der Waals surface area contributed by atoms with Crippen LogP contribution in [0.1, 0.15) is 33.0 Å². The average Bonchev–Trinajstić information content (AvgIpc) is 2.81. The van der Waals surface area contributed by atoms with Crippen LogP contribution >= 0.6 is 34.8 Å². The van der Waals surface area contributed by atoms with Gasteiger partial charge in [-0.15, -0.1) is 5.06 Å². The minimum absolute atomic E-state index is 0.0251. The molecule has 1 atom stereocenters. The molecule has 10 heteroatoms. The predicted octanol–water partition coefficient (Wildman–Crippen LogP) is 7.91. The van der Waals surface area contributed by atoms with Crippen molar-refractivity contribution in [3.63, 3.8) is 0 Å².